The van der Waals surface area contributed by atoms with Crippen molar-refractivity contribution < 1.29 is 13.9 Å². The minimum atomic E-state index is 0.165. The van der Waals surface area contributed by atoms with Crippen LogP contribution in [0, 0.1) is 0 Å². The van der Waals surface area contributed by atoms with Crippen molar-refractivity contribution in [2.75, 3.05) is 0 Å². The highest BCUT2D eigenvalue weighted by molar-refractivity contribution is 5.79. The molecule has 0 aliphatic heterocycles. The van der Waals surface area contributed by atoms with Crippen molar-refractivity contribution in [2.45, 2.75) is 20.0 Å². The van der Waals surface area contributed by atoms with Crippen LogP contribution in [0.5, 0.6) is 5.75 Å². The Morgan fingerprint density at radius 3 is 2.76 bits per heavy atom. The lowest BCUT2D eigenvalue weighted by atomic mass is 10.2. The van der Waals surface area contributed by atoms with Crippen LogP contribution >= 0.6 is 0 Å². The molecule has 0 N–H and O–H groups in total. The molecule has 2 rings (SSSR count). The predicted octanol–water partition coefficient (Wildman–Crippen LogP) is 2.02. The molecule has 0 radical (unpaired) electrons. The van der Waals surface area contributed by atoms with Crippen molar-refractivity contribution in [3.8, 4) is 5.75 Å². The molecule has 0 saturated carbocycles. The second-order valence-electron chi connectivity index (χ2n) is 3.39. The highest BCUT2D eigenvalue weighted by Crippen LogP contribution is 2.17. The second-order valence-corrected chi connectivity index (χ2v) is 3.39. The lowest BCUT2D eigenvalue weighted by Gasteiger charge is -2.04. The molecule has 0 aliphatic rings. The average molecular weight is 232 g/mol. The summed E-state index contributed by atoms with van der Waals surface area (Å²) in [4.78, 5) is 10.8. The first-order chi connectivity index (χ1) is 8.33. The molecular weight excluding hydrogens is 220 g/mol. The Labute approximate surface area is 98.4 Å². The fourth-order valence-corrected chi connectivity index (χ4v) is 1.34. The fourth-order valence-electron chi connectivity index (χ4n) is 1.34. The van der Waals surface area contributed by atoms with Gasteiger partial charge in [-0.05, 0) is 12.1 Å². The topological polar surface area (TPSA) is 65.2 Å². The second kappa shape index (κ2) is 5.25. The maximum absolute atomic E-state index is 10.8. The summed E-state index contributed by atoms with van der Waals surface area (Å²) in [7, 11) is 0. The zero-order valence-corrected chi connectivity index (χ0v) is 9.42. The van der Waals surface area contributed by atoms with Gasteiger partial charge in [0.2, 0.25) is 5.89 Å². The molecule has 17 heavy (non-hydrogen) atoms. The largest absolute Gasteiger partial charge is 0.483 e. The van der Waals surface area contributed by atoms with Crippen LogP contribution in [-0.4, -0.2) is 16.5 Å². The minimum Gasteiger partial charge on any atom is -0.483 e. The highest BCUT2D eigenvalue weighted by atomic mass is 16.5. The number of para-hydroxylation sites is 1. The van der Waals surface area contributed by atoms with Gasteiger partial charge in [0.15, 0.2) is 12.9 Å². The summed E-state index contributed by atoms with van der Waals surface area (Å²) < 4.78 is 10.7. The summed E-state index contributed by atoms with van der Waals surface area (Å²) in [5.41, 5.74) is 0.503. The number of carbonyl (C=O) groups is 1. The highest BCUT2D eigenvalue weighted by Gasteiger charge is 2.07. The molecule has 0 bridgehead atoms. The minimum absolute atomic E-state index is 0.165. The molecule has 2 aromatic rings. The Morgan fingerprint density at radius 2 is 2.06 bits per heavy atom. The van der Waals surface area contributed by atoms with Crippen LogP contribution in [0.4, 0.5) is 0 Å². The Morgan fingerprint density at radius 1 is 1.29 bits per heavy atom. The molecular formula is C12H12N2O3. The molecule has 0 fully saturated rings. The predicted molar refractivity (Wildman–Crippen MR) is 59.8 cm³/mol. The third-order valence-electron chi connectivity index (χ3n) is 2.21. The first kappa shape index (κ1) is 11.3. The normalized spacial score (nSPS) is 10.2. The molecule has 5 heteroatoms. The molecule has 0 unspecified atom stereocenters. The van der Waals surface area contributed by atoms with E-state index >= 15 is 0 Å². The lowest BCUT2D eigenvalue weighted by molar-refractivity contribution is 0.111. The SMILES string of the molecule is CCc1nnc(COc2ccccc2C=O)o1. The summed E-state index contributed by atoms with van der Waals surface area (Å²) >= 11 is 0. The lowest BCUT2D eigenvalue weighted by Crippen LogP contribution is -1.98. The number of aryl methyl sites for hydroxylation is 1. The smallest absolute Gasteiger partial charge is 0.253 e. The number of nitrogens with zero attached hydrogens (tertiary/aromatic N) is 2. The van der Waals surface area contributed by atoms with Crippen molar-refractivity contribution in [1.29, 1.82) is 0 Å². The average Bonchev–Trinajstić information content (AvgIpc) is 2.84. The fraction of sp³-hybridized carbons (Fsp3) is 0.250. The molecule has 0 aliphatic carbocycles. The van der Waals surface area contributed by atoms with Crippen LogP contribution in [0.1, 0.15) is 29.1 Å². The van der Waals surface area contributed by atoms with Crippen LogP contribution in [0.3, 0.4) is 0 Å². The van der Waals surface area contributed by atoms with Gasteiger partial charge in [0, 0.05) is 6.42 Å². The molecule has 0 saturated heterocycles. The van der Waals surface area contributed by atoms with E-state index in [0.29, 0.717) is 29.5 Å². The Kier molecular flexibility index (Phi) is 3.49. The molecule has 0 atom stereocenters. The van der Waals surface area contributed by atoms with Gasteiger partial charge in [-0.15, -0.1) is 10.2 Å². The van der Waals surface area contributed by atoms with E-state index in [-0.39, 0.29) is 6.61 Å². The number of aldehydes is 1. The maximum Gasteiger partial charge on any atom is 0.253 e. The first-order valence-electron chi connectivity index (χ1n) is 5.31. The number of rotatable bonds is 5. The molecule has 0 spiro atoms. The van der Waals surface area contributed by atoms with Crippen LogP contribution in [0.15, 0.2) is 28.7 Å². The number of ether oxygens (including phenoxy) is 1. The van der Waals surface area contributed by atoms with Crippen LogP contribution in [0.25, 0.3) is 0 Å². The number of carbonyl (C=O) groups excluding carboxylic acids is 1. The Hall–Kier alpha value is -2.17. The molecule has 1 heterocycles. The molecule has 1 aromatic heterocycles. The van der Waals surface area contributed by atoms with Gasteiger partial charge >= 0.3 is 0 Å². The monoisotopic (exact) mass is 232 g/mol. The Bertz CT molecular complexity index is 508. The van der Waals surface area contributed by atoms with Gasteiger partial charge in [-0.1, -0.05) is 19.1 Å². The van der Waals surface area contributed by atoms with Gasteiger partial charge in [-0.25, -0.2) is 0 Å². The van der Waals surface area contributed by atoms with E-state index < -0.39 is 0 Å². The zero-order chi connectivity index (χ0) is 12.1. The van der Waals surface area contributed by atoms with Crippen molar-refractivity contribution in [3.05, 3.63) is 41.6 Å². The van der Waals surface area contributed by atoms with E-state index in [2.05, 4.69) is 10.2 Å². The summed E-state index contributed by atoms with van der Waals surface area (Å²) in [5.74, 6) is 1.49. The third kappa shape index (κ3) is 2.69. The van der Waals surface area contributed by atoms with E-state index in [9.17, 15) is 4.79 Å². The van der Waals surface area contributed by atoms with Gasteiger partial charge < -0.3 is 9.15 Å². The van der Waals surface area contributed by atoms with Crippen molar-refractivity contribution in [3.63, 3.8) is 0 Å². The van der Waals surface area contributed by atoms with Crippen LogP contribution < -0.4 is 4.74 Å². The number of hydrogen-bond acceptors (Lipinski definition) is 5. The van der Waals surface area contributed by atoms with E-state index in [1.807, 2.05) is 6.92 Å². The van der Waals surface area contributed by atoms with Gasteiger partial charge in [0.1, 0.15) is 5.75 Å². The van der Waals surface area contributed by atoms with E-state index in [4.69, 9.17) is 9.15 Å². The summed E-state index contributed by atoms with van der Waals surface area (Å²) in [6.45, 7) is 2.09. The Balaban J connectivity index is 2.04. The van der Waals surface area contributed by atoms with Crippen LogP contribution in [0.2, 0.25) is 0 Å². The van der Waals surface area contributed by atoms with Crippen molar-refractivity contribution >= 4 is 6.29 Å². The summed E-state index contributed by atoms with van der Waals surface area (Å²) in [6, 6.07) is 6.99. The molecule has 5 nitrogen and oxygen atoms in total. The number of hydrogen-bond donors (Lipinski definition) is 0. The van der Waals surface area contributed by atoms with Crippen molar-refractivity contribution in [2.24, 2.45) is 0 Å². The number of aromatic nitrogens is 2. The van der Waals surface area contributed by atoms with Gasteiger partial charge in [0.25, 0.3) is 5.89 Å². The van der Waals surface area contributed by atoms with E-state index in [1.54, 1.807) is 24.3 Å². The summed E-state index contributed by atoms with van der Waals surface area (Å²) in [5, 5.41) is 7.65. The molecule has 1 aromatic carbocycles. The number of benzene rings is 1. The maximum atomic E-state index is 10.8. The van der Waals surface area contributed by atoms with Crippen LogP contribution in [-0.2, 0) is 13.0 Å². The van der Waals surface area contributed by atoms with Crippen molar-refractivity contribution in [1.82, 2.24) is 10.2 Å². The molecule has 88 valence electrons. The van der Waals surface area contributed by atoms with E-state index in [1.165, 1.54) is 0 Å². The van der Waals surface area contributed by atoms with Gasteiger partial charge in [-0.3, -0.25) is 4.79 Å². The first-order valence-corrected chi connectivity index (χ1v) is 5.31. The summed E-state index contributed by atoms with van der Waals surface area (Å²) in [6.07, 6.45) is 1.44. The molecule has 0 amide bonds. The van der Waals surface area contributed by atoms with Gasteiger partial charge in [0.05, 0.1) is 5.56 Å². The van der Waals surface area contributed by atoms with E-state index in [0.717, 1.165) is 6.29 Å². The quantitative estimate of drug-likeness (QED) is 0.738. The zero-order valence-electron chi connectivity index (χ0n) is 9.42. The third-order valence-corrected chi connectivity index (χ3v) is 2.21. The standard InChI is InChI=1S/C12H12N2O3/c1-2-11-13-14-12(17-11)8-16-10-6-4-3-5-9(10)7-15/h3-7H,2,8H2,1H3. The van der Waals surface area contributed by atoms with Gasteiger partial charge in [-0.2, -0.15) is 0 Å².